The van der Waals surface area contributed by atoms with Gasteiger partial charge in [0.05, 0.1) is 90.2 Å². The van der Waals surface area contributed by atoms with E-state index in [1.165, 1.54) is 0 Å². The maximum Gasteiger partial charge on any atom is 0.213 e. The molecular formula is C24H50N2O14. The fourth-order valence-electron chi connectivity index (χ4n) is 3.33. The average molecular weight is 591 g/mol. The van der Waals surface area contributed by atoms with Crippen LogP contribution in [0.2, 0.25) is 0 Å². The number of hydrogen-bond donors (Lipinski definition) is 10. The molecule has 0 bridgehead atoms. The van der Waals surface area contributed by atoms with Gasteiger partial charge < -0.3 is 79.9 Å². The van der Waals surface area contributed by atoms with Crippen molar-refractivity contribution in [2.24, 2.45) is 0 Å². The first-order valence-corrected chi connectivity index (χ1v) is 13.1. The molecule has 0 spiro atoms. The maximum atomic E-state index is 9.22. The molecule has 40 heavy (non-hydrogen) atoms. The van der Waals surface area contributed by atoms with E-state index in [0.717, 1.165) is 0 Å². The van der Waals surface area contributed by atoms with E-state index >= 15 is 0 Å². The van der Waals surface area contributed by atoms with Crippen molar-refractivity contribution in [3.8, 4) is 0 Å². The molecule has 2 unspecified atom stereocenters. The number of ether oxygens (including phenoxy) is 6. The third-order valence-electron chi connectivity index (χ3n) is 5.98. The van der Waals surface area contributed by atoms with Crippen LogP contribution < -0.4 is 10.6 Å². The quantitative estimate of drug-likeness (QED) is 0.115. The molecular weight excluding hydrogens is 540 g/mol. The van der Waals surface area contributed by atoms with Crippen LogP contribution in [0.25, 0.3) is 0 Å². The van der Waals surface area contributed by atoms with Crippen LogP contribution in [0, 0.1) is 0 Å². The molecule has 3 aliphatic heterocycles. The maximum absolute atomic E-state index is 9.22. The standard InChI is InChI=1S/C12H23NO4.C6H15NO4.C6H12O6/c1-11(2)14-5-9(6-15-11)13-10-7-16-12(3,4)17-8-10;8-1-5(2-9)7-6(3-10)4-11;7-1-5(9)3-12-6(10,2-8)4-11-5/h9-10,13H,5-8H2,1-4H3;5-11H,1-4H2;7-10H,1-4H2. The summed E-state index contributed by atoms with van der Waals surface area (Å²) in [5.41, 5.74) is 0. The fourth-order valence-corrected chi connectivity index (χ4v) is 3.33. The zero-order chi connectivity index (χ0) is 30.5. The number of aliphatic hydroxyl groups excluding tert-OH is 6. The van der Waals surface area contributed by atoms with E-state index < -0.39 is 48.4 Å². The Morgan fingerprint density at radius 3 is 1.10 bits per heavy atom. The third kappa shape index (κ3) is 14.0. The number of hydrogen-bond acceptors (Lipinski definition) is 16. The third-order valence-corrected chi connectivity index (χ3v) is 5.98. The summed E-state index contributed by atoms with van der Waals surface area (Å²) in [7, 11) is 0. The molecule has 10 N–H and O–H groups in total. The molecule has 0 aromatic heterocycles. The number of nitrogens with one attached hydrogen (secondary N) is 2. The molecule has 3 fully saturated rings. The molecule has 3 aliphatic rings. The van der Waals surface area contributed by atoms with Gasteiger partial charge in [-0.25, -0.2) is 0 Å². The highest BCUT2D eigenvalue weighted by atomic mass is 16.7. The minimum Gasteiger partial charge on any atom is -0.395 e. The molecule has 0 aromatic rings. The van der Waals surface area contributed by atoms with Crippen LogP contribution in [0.15, 0.2) is 0 Å². The van der Waals surface area contributed by atoms with Crippen molar-refractivity contribution in [2.75, 3.05) is 79.3 Å². The molecule has 3 saturated heterocycles. The Balaban J connectivity index is 0.000000311. The van der Waals surface area contributed by atoms with Crippen LogP contribution in [0.5, 0.6) is 0 Å². The molecule has 240 valence electrons. The van der Waals surface area contributed by atoms with Gasteiger partial charge in [-0.15, -0.1) is 0 Å². The van der Waals surface area contributed by atoms with Gasteiger partial charge in [-0.2, -0.15) is 0 Å². The van der Waals surface area contributed by atoms with Crippen LogP contribution in [0.1, 0.15) is 27.7 Å². The predicted octanol–water partition coefficient (Wildman–Crippen LogP) is -4.44. The van der Waals surface area contributed by atoms with E-state index in [1.807, 2.05) is 27.7 Å². The molecule has 3 rings (SSSR count). The van der Waals surface area contributed by atoms with Crippen LogP contribution in [-0.2, 0) is 28.4 Å². The minimum absolute atomic E-state index is 0.210. The molecule has 16 nitrogen and oxygen atoms in total. The van der Waals surface area contributed by atoms with E-state index in [1.54, 1.807) is 0 Å². The van der Waals surface area contributed by atoms with Crippen LogP contribution in [0.3, 0.4) is 0 Å². The summed E-state index contributed by atoms with van der Waals surface area (Å²) in [6.45, 7) is 7.51. The van der Waals surface area contributed by atoms with Crippen molar-refractivity contribution in [1.29, 1.82) is 0 Å². The molecule has 0 amide bonds. The summed E-state index contributed by atoms with van der Waals surface area (Å²) >= 11 is 0. The second kappa shape index (κ2) is 17.5. The SMILES string of the molecule is CC1(C)OCC(NC2COC(C)(C)OC2)CO1.OCC(CO)NC(CO)CO.OCC1(O)COC(O)(CO)CO1. The molecule has 3 heterocycles. The zero-order valence-corrected chi connectivity index (χ0v) is 23.8. The van der Waals surface area contributed by atoms with Crippen molar-refractivity contribution >= 4 is 0 Å². The smallest absolute Gasteiger partial charge is 0.213 e. The molecule has 0 aliphatic carbocycles. The Morgan fingerprint density at radius 2 is 0.875 bits per heavy atom. The Labute approximate surface area is 234 Å². The fraction of sp³-hybridized carbons (Fsp3) is 1.00. The summed E-state index contributed by atoms with van der Waals surface area (Å²) in [6.07, 6.45) is 0. The largest absolute Gasteiger partial charge is 0.395 e. The Bertz CT molecular complexity index is 596. The summed E-state index contributed by atoms with van der Waals surface area (Å²) in [5.74, 6) is -4.44. The second-order valence-electron chi connectivity index (χ2n) is 10.7. The first kappa shape index (κ1) is 37.4. The molecule has 0 saturated carbocycles. The van der Waals surface area contributed by atoms with Crippen LogP contribution >= 0.6 is 0 Å². The van der Waals surface area contributed by atoms with Gasteiger partial charge in [0.1, 0.15) is 13.2 Å². The lowest BCUT2D eigenvalue weighted by molar-refractivity contribution is -0.377. The molecule has 2 atom stereocenters. The van der Waals surface area contributed by atoms with Crippen LogP contribution in [-0.4, -0.2) is 167 Å². The average Bonchev–Trinajstić information content (AvgIpc) is 2.94. The van der Waals surface area contributed by atoms with Crippen molar-refractivity contribution in [1.82, 2.24) is 10.6 Å². The highest BCUT2D eigenvalue weighted by Crippen LogP contribution is 2.21. The monoisotopic (exact) mass is 590 g/mol. The number of rotatable bonds is 10. The van der Waals surface area contributed by atoms with E-state index in [4.69, 9.17) is 59.1 Å². The lowest BCUT2D eigenvalue weighted by Gasteiger charge is -2.40. The minimum atomic E-state index is -1.76. The van der Waals surface area contributed by atoms with Crippen molar-refractivity contribution in [3.63, 3.8) is 0 Å². The van der Waals surface area contributed by atoms with Gasteiger partial charge in [-0.1, -0.05) is 0 Å². The van der Waals surface area contributed by atoms with Gasteiger partial charge in [-0.3, -0.25) is 0 Å². The summed E-state index contributed by atoms with van der Waals surface area (Å²) in [5, 5.41) is 76.0. The van der Waals surface area contributed by atoms with Crippen molar-refractivity contribution in [3.05, 3.63) is 0 Å². The van der Waals surface area contributed by atoms with E-state index in [2.05, 4.69) is 10.6 Å². The normalized spacial score (nSPS) is 28.9. The van der Waals surface area contributed by atoms with Gasteiger partial charge in [0.15, 0.2) is 11.6 Å². The first-order valence-electron chi connectivity index (χ1n) is 13.1. The number of aliphatic hydroxyl groups is 8. The van der Waals surface area contributed by atoms with Gasteiger partial charge in [0.25, 0.3) is 0 Å². The summed E-state index contributed by atoms with van der Waals surface area (Å²) < 4.78 is 31.8. The second-order valence-corrected chi connectivity index (χ2v) is 10.7. The van der Waals surface area contributed by atoms with Gasteiger partial charge in [0, 0.05) is 0 Å². The van der Waals surface area contributed by atoms with E-state index in [9.17, 15) is 10.2 Å². The Morgan fingerprint density at radius 1 is 0.575 bits per heavy atom. The van der Waals surface area contributed by atoms with E-state index in [0.29, 0.717) is 26.4 Å². The zero-order valence-electron chi connectivity index (χ0n) is 23.8. The Kier molecular flexibility index (Phi) is 16.3. The highest BCUT2D eigenvalue weighted by molar-refractivity contribution is 4.81. The molecule has 0 aromatic carbocycles. The van der Waals surface area contributed by atoms with Crippen LogP contribution in [0.4, 0.5) is 0 Å². The molecule has 0 radical (unpaired) electrons. The van der Waals surface area contributed by atoms with Gasteiger partial charge in [-0.05, 0) is 27.7 Å². The van der Waals surface area contributed by atoms with Gasteiger partial charge >= 0.3 is 0 Å². The van der Waals surface area contributed by atoms with E-state index in [-0.39, 0.29) is 51.7 Å². The lowest BCUT2D eigenvalue weighted by atomic mass is 10.2. The van der Waals surface area contributed by atoms with Crippen molar-refractivity contribution < 1.29 is 69.3 Å². The molecule has 16 heteroatoms. The van der Waals surface area contributed by atoms with Gasteiger partial charge in [0.2, 0.25) is 11.6 Å². The van der Waals surface area contributed by atoms with Crippen molar-refractivity contribution in [2.45, 2.75) is 75.0 Å². The first-order chi connectivity index (χ1) is 18.7. The topological polar surface area (TPSA) is 241 Å². The summed E-state index contributed by atoms with van der Waals surface area (Å²) in [6, 6.07) is -0.526. The summed E-state index contributed by atoms with van der Waals surface area (Å²) in [4.78, 5) is 0. The predicted molar refractivity (Wildman–Crippen MR) is 138 cm³/mol. The lowest BCUT2D eigenvalue weighted by Crippen LogP contribution is -2.56. The highest BCUT2D eigenvalue weighted by Gasteiger charge is 2.42. The Hall–Kier alpha value is -0.640.